The van der Waals surface area contributed by atoms with Crippen molar-refractivity contribution in [1.82, 2.24) is 9.97 Å². The zero-order valence-electron chi connectivity index (χ0n) is 15.2. The number of cyclic esters (lactones) is 1. The summed E-state index contributed by atoms with van der Waals surface area (Å²) in [6.45, 7) is -0.812. The zero-order valence-corrected chi connectivity index (χ0v) is 16.0. The number of H-pyrrole nitrogens is 1. The van der Waals surface area contributed by atoms with Crippen LogP contribution in [0.15, 0.2) is 64.9 Å². The van der Waals surface area contributed by atoms with E-state index < -0.39 is 46.4 Å². The van der Waals surface area contributed by atoms with Gasteiger partial charge in [0.05, 0.1) is 22.5 Å². The summed E-state index contributed by atoms with van der Waals surface area (Å²) < 4.78 is 34.4. The highest BCUT2D eigenvalue weighted by Gasteiger charge is 2.40. The van der Waals surface area contributed by atoms with Crippen molar-refractivity contribution in [3.8, 4) is 11.4 Å². The monoisotopic (exact) mass is 432 g/mol. The molecule has 0 radical (unpaired) electrons. The van der Waals surface area contributed by atoms with Crippen LogP contribution in [0.5, 0.6) is 0 Å². The number of fused-ring (bicyclic) bond motifs is 1. The predicted octanol–water partition coefficient (Wildman–Crippen LogP) is 1.55. The Morgan fingerprint density at radius 2 is 1.90 bits per heavy atom. The van der Waals surface area contributed by atoms with Crippen LogP contribution in [-0.4, -0.2) is 58.5 Å². The molecule has 156 valence electrons. The van der Waals surface area contributed by atoms with Crippen molar-refractivity contribution in [3.63, 3.8) is 0 Å². The zero-order chi connectivity index (χ0) is 21.5. The van der Waals surface area contributed by atoms with Gasteiger partial charge in [0, 0.05) is 5.56 Å². The topological polar surface area (TPSA) is 159 Å². The number of aromatic amines is 1. The Bertz CT molecular complexity index is 1250. The van der Waals surface area contributed by atoms with Gasteiger partial charge in [-0.1, -0.05) is 30.3 Å². The van der Waals surface area contributed by atoms with Crippen LogP contribution in [0.1, 0.15) is 0 Å². The molecule has 2 heterocycles. The SMILES string of the molecule is O=C1OC(C(O)COS(=O)(=O)c2ccc3nc(-c4ccccc4)[nH]c3c2)C(O)=C1O. The molecule has 4 rings (SSSR count). The fourth-order valence-electron chi connectivity index (χ4n) is 2.92. The number of carbonyl (C=O) groups is 1. The number of imidazole rings is 1. The number of hydrogen-bond donors (Lipinski definition) is 4. The summed E-state index contributed by atoms with van der Waals surface area (Å²) in [6, 6.07) is 13.4. The van der Waals surface area contributed by atoms with Gasteiger partial charge in [-0.2, -0.15) is 8.42 Å². The van der Waals surface area contributed by atoms with E-state index in [1.807, 2.05) is 30.3 Å². The maximum Gasteiger partial charge on any atom is 0.377 e. The first-order valence-corrected chi connectivity index (χ1v) is 10.1. The number of nitrogens with one attached hydrogen (secondary N) is 1. The fraction of sp³-hybridized carbons (Fsp3) is 0.158. The summed E-state index contributed by atoms with van der Waals surface area (Å²) in [4.78, 5) is 18.5. The number of hydrogen-bond acceptors (Lipinski definition) is 9. The van der Waals surface area contributed by atoms with E-state index in [4.69, 9.17) is 4.18 Å². The van der Waals surface area contributed by atoms with Crippen molar-refractivity contribution in [2.45, 2.75) is 17.1 Å². The van der Waals surface area contributed by atoms with E-state index in [-0.39, 0.29) is 4.90 Å². The van der Waals surface area contributed by atoms with Crippen LogP contribution in [0.2, 0.25) is 0 Å². The molecule has 0 bridgehead atoms. The quantitative estimate of drug-likeness (QED) is 0.335. The third-order valence-corrected chi connectivity index (χ3v) is 5.75. The molecule has 4 N–H and O–H groups in total. The highest BCUT2D eigenvalue weighted by molar-refractivity contribution is 7.86. The highest BCUT2D eigenvalue weighted by Crippen LogP contribution is 2.25. The van der Waals surface area contributed by atoms with Crippen LogP contribution in [0.3, 0.4) is 0 Å². The first kappa shape index (κ1) is 19.9. The minimum atomic E-state index is -4.28. The summed E-state index contributed by atoms with van der Waals surface area (Å²) in [7, 11) is -4.28. The minimum Gasteiger partial charge on any atom is -0.505 e. The average molecular weight is 432 g/mol. The number of benzene rings is 2. The minimum absolute atomic E-state index is 0.184. The lowest BCUT2D eigenvalue weighted by molar-refractivity contribution is -0.147. The number of esters is 1. The molecule has 0 aliphatic carbocycles. The molecule has 2 aromatic carbocycles. The van der Waals surface area contributed by atoms with Crippen LogP contribution in [0.25, 0.3) is 22.4 Å². The van der Waals surface area contributed by atoms with E-state index in [0.29, 0.717) is 16.9 Å². The Morgan fingerprint density at radius 1 is 1.17 bits per heavy atom. The van der Waals surface area contributed by atoms with Gasteiger partial charge >= 0.3 is 5.97 Å². The lowest BCUT2D eigenvalue weighted by atomic mass is 10.2. The Balaban J connectivity index is 1.52. The van der Waals surface area contributed by atoms with Crippen LogP contribution < -0.4 is 0 Å². The number of ether oxygens (including phenoxy) is 1. The Morgan fingerprint density at radius 3 is 2.57 bits per heavy atom. The summed E-state index contributed by atoms with van der Waals surface area (Å²) in [5.41, 5.74) is 1.85. The van der Waals surface area contributed by atoms with Crippen molar-refractivity contribution in [3.05, 3.63) is 60.0 Å². The summed E-state index contributed by atoms with van der Waals surface area (Å²) in [5, 5.41) is 28.8. The first-order chi connectivity index (χ1) is 14.3. The maximum absolute atomic E-state index is 12.5. The maximum atomic E-state index is 12.5. The number of aliphatic hydroxyl groups excluding tert-OH is 3. The standard InChI is InChI=1S/C19H16N2O8S/c22-14(17-15(23)16(24)19(25)29-17)9-28-30(26,27)11-6-7-12-13(8-11)21-18(20-12)10-4-2-1-3-5-10/h1-8,14,17,22-24H,9H2,(H,20,21). The number of rotatable bonds is 6. The molecule has 30 heavy (non-hydrogen) atoms. The van der Waals surface area contributed by atoms with E-state index in [2.05, 4.69) is 14.7 Å². The van der Waals surface area contributed by atoms with Gasteiger partial charge in [0.15, 0.2) is 11.9 Å². The van der Waals surface area contributed by atoms with Crippen molar-refractivity contribution >= 4 is 27.1 Å². The van der Waals surface area contributed by atoms with Gasteiger partial charge in [-0.25, -0.2) is 9.78 Å². The second-order valence-corrected chi connectivity index (χ2v) is 8.11. The molecule has 1 aromatic heterocycles. The van der Waals surface area contributed by atoms with E-state index >= 15 is 0 Å². The smallest absolute Gasteiger partial charge is 0.377 e. The number of aliphatic hydroxyl groups is 3. The van der Waals surface area contributed by atoms with Gasteiger partial charge in [-0.3, -0.25) is 4.18 Å². The second kappa shape index (κ2) is 7.44. The van der Waals surface area contributed by atoms with Gasteiger partial charge in [0.25, 0.3) is 10.1 Å². The summed E-state index contributed by atoms with van der Waals surface area (Å²) in [5.74, 6) is -2.58. The third-order valence-electron chi connectivity index (χ3n) is 4.47. The number of aromatic nitrogens is 2. The van der Waals surface area contributed by atoms with Gasteiger partial charge in [0.2, 0.25) is 5.76 Å². The molecule has 2 unspecified atom stereocenters. The Kier molecular flexibility index (Phi) is 4.94. The van der Waals surface area contributed by atoms with Gasteiger partial charge in [0.1, 0.15) is 11.9 Å². The van der Waals surface area contributed by atoms with Crippen molar-refractivity contribution in [2.24, 2.45) is 0 Å². The highest BCUT2D eigenvalue weighted by atomic mass is 32.2. The normalized spacial score (nSPS) is 18.0. The predicted molar refractivity (Wildman–Crippen MR) is 103 cm³/mol. The molecule has 1 aliphatic rings. The van der Waals surface area contributed by atoms with Crippen LogP contribution in [0.4, 0.5) is 0 Å². The molecule has 0 amide bonds. The van der Waals surface area contributed by atoms with Crippen molar-refractivity contribution < 1.29 is 37.5 Å². The van der Waals surface area contributed by atoms with E-state index in [1.54, 1.807) is 0 Å². The number of nitrogens with zero attached hydrogens (tertiary/aromatic N) is 1. The molecule has 11 heteroatoms. The van der Waals surface area contributed by atoms with Gasteiger partial charge < -0.3 is 25.0 Å². The third kappa shape index (κ3) is 3.61. The lowest BCUT2D eigenvalue weighted by Crippen LogP contribution is -2.33. The van der Waals surface area contributed by atoms with Gasteiger partial charge in [-0.15, -0.1) is 0 Å². The molecule has 0 fully saturated rings. The van der Waals surface area contributed by atoms with E-state index in [0.717, 1.165) is 5.56 Å². The average Bonchev–Trinajstić information content (AvgIpc) is 3.29. The van der Waals surface area contributed by atoms with Crippen molar-refractivity contribution in [2.75, 3.05) is 6.61 Å². The number of carbonyl (C=O) groups excluding carboxylic acids is 1. The molecule has 10 nitrogen and oxygen atoms in total. The Labute approximate surface area is 170 Å². The molecule has 3 aromatic rings. The Hall–Kier alpha value is -3.41. The lowest BCUT2D eigenvalue weighted by Gasteiger charge is -2.17. The molecule has 1 aliphatic heterocycles. The molecular weight excluding hydrogens is 416 g/mol. The van der Waals surface area contributed by atoms with Crippen LogP contribution in [0, 0.1) is 0 Å². The molecule has 0 saturated carbocycles. The summed E-state index contributed by atoms with van der Waals surface area (Å²) >= 11 is 0. The van der Waals surface area contributed by atoms with Crippen molar-refractivity contribution in [1.29, 1.82) is 0 Å². The second-order valence-electron chi connectivity index (χ2n) is 6.50. The summed E-state index contributed by atoms with van der Waals surface area (Å²) in [6.07, 6.45) is -3.33. The van der Waals surface area contributed by atoms with Crippen LogP contribution >= 0.6 is 0 Å². The largest absolute Gasteiger partial charge is 0.505 e. The van der Waals surface area contributed by atoms with E-state index in [9.17, 15) is 28.5 Å². The van der Waals surface area contributed by atoms with Crippen LogP contribution in [-0.2, 0) is 23.8 Å². The fourth-order valence-corrected chi connectivity index (χ4v) is 3.87. The first-order valence-electron chi connectivity index (χ1n) is 8.72. The molecular formula is C19H16N2O8S. The van der Waals surface area contributed by atoms with Gasteiger partial charge in [-0.05, 0) is 18.2 Å². The van der Waals surface area contributed by atoms with E-state index in [1.165, 1.54) is 18.2 Å². The molecule has 0 spiro atoms. The molecule has 0 saturated heterocycles. The molecule has 2 atom stereocenters.